The molecule has 6 nitrogen and oxygen atoms in total. The summed E-state index contributed by atoms with van der Waals surface area (Å²) in [7, 11) is 0. The van der Waals surface area contributed by atoms with Gasteiger partial charge >= 0.3 is 0 Å². The first-order valence-electron chi connectivity index (χ1n) is 9.29. The molecule has 147 valence electrons. The molecule has 0 aliphatic carbocycles. The average molecular weight is 391 g/mol. The summed E-state index contributed by atoms with van der Waals surface area (Å²) >= 11 is 0. The van der Waals surface area contributed by atoms with Crippen LogP contribution in [0.1, 0.15) is 21.6 Å². The van der Waals surface area contributed by atoms with Crippen LogP contribution in [0.15, 0.2) is 48.7 Å². The van der Waals surface area contributed by atoms with Crippen LogP contribution < -0.4 is 11.1 Å². The van der Waals surface area contributed by atoms with Crippen LogP contribution in [0.3, 0.4) is 0 Å². The number of aromatic amines is 2. The first kappa shape index (κ1) is 18.7. The number of fused-ring (bicyclic) bond motifs is 2. The molecular weight excluding hydrogens is 371 g/mol. The molecule has 0 fully saturated rings. The number of halogens is 1. The van der Waals surface area contributed by atoms with Gasteiger partial charge in [-0.25, -0.2) is 4.39 Å². The Bertz CT molecular complexity index is 1210. The Morgan fingerprint density at radius 2 is 1.93 bits per heavy atom. The highest BCUT2D eigenvalue weighted by Gasteiger charge is 2.16. The second kappa shape index (κ2) is 7.79. The van der Waals surface area contributed by atoms with Crippen LogP contribution in [0.2, 0.25) is 0 Å². The molecule has 0 unspecified atom stereocenters. The predicted molar refractivity (Wildman–Crippen MR) is 110 cm³/mol. The largest absolute Gasteiger partial charge is 0.364 e. The van der Waals surface area contributed by atoms with Crippen LogP contribution in [0.5, 0.6) is 0 Å². The zero-order valence-corrected chi connectivity index (χ0v) is 15.6. The van der Waals surface area contributed by atoms with E-state index in [1.807, 2.05) is 30.5 Å². The van der Waals surface area contributed by atoms with Crippen molar-refractivity contribution >= 4 is 33.6 Å². The third kappa shape index (κ3) is 3.85. The lowest BCUT2D eigenvalue weighted by molar-refractivity contribution is -0.117. The molecule has 4 rings (SSSR count). The summed E-state index contributed by atoms with van der Waals surface area (Å²) in [6.45, 7) is 0.441. The van der Waals surface area contributed by atoms with Gasteiger partial charge in [0.25, 0.3) is 5.91 Å². The van der Waals surface area contributed by atoms with Gasteiger partial charge in [-0.15, -0.1) is 0 Å². The Hall–Kier alpha value is -3.61. The van der Waals surface area contributed by atoms with Crippen molar-refractivity contribution in [2.24, 2.45) is 5.73 Å². The van der Waals surface area contributed by atoms with Gasteiger partial charge in [-0.3, -0.25) is 9.59 Å². The number of nitrogens with one attached hydrogen (secondary N) is 3. The van der Waals surface area contributed by atoms with Crippen LogP contribution in [0.4, 0.5) is 4.39 Å². The second-order valence-electron chi connectivity index (χ2n) is 6.84. The van der Waals surface area contributed by atoms with Gasteiger partial charge in [0, 0.05) is 34.5 Å². The third-order valence-corrected chi connectivity index (χ3v) is 4.97. The Balaban J connectivity index is 1.36. The van der Waals surface area contributed by atoms with Crippen LogP contribution >= 0.6 is 0 Å². The molecule has 5 N–H and O–H groups in total. The number of H-pyrrole nitrogens is 2. The lowest BCUT2D eigenvalue weighted by Gasteiger charge is -2.05. The number of nitrogens with two attached hydrogens (primary N) is 1. The van der Waals surface area contributed by atoms with E-state index in [9.17, 15) is 14.0 Å². The number of hydrogen-bond acceptors (Lipinski definition) is 2. The summed E-state index contributed by atoms with van der Waals surface area (Å²) in [4.78, 5) is 30.0. The van der Waals surface area contributed by atoms with Gasteiger partial charge in [0.1, 0.15) is 11.5 Å². The summed E-state index contributed by atoms with van der Waals surface area (Å²) in [6, 6.07) is 12.1. The van der Waals surface area contributed by atoms with Crippen molar-refractivity contribution in [3.8, 4) is 0 Å². The minimum atomic E-state index is -0.555. The number of rotatable bonds is 7. The fourth-order valence-electron chi connectivity index (χ4n) is 3.58. The Labute approximate surface area is 166 Å². The lowest BCUT2D eigenvalue weighted by Crippen LogP contribution is -2.26. The van der Waals surface area contributed by atoms with Crippen LogP contribution in [-0.4, -0.2) is 28.3 Å². The minimum Gasteiger partial charge on any atom is -0.364 e. The van der Waals surface area contributed by atoms with E-state index in [4.69, 9.17) is 5.73 Å². The van der Waals surface area contributed by atoms with E-state index in [2.05, 4.69) is 15.3 Å². The summed E-state index contributed by atoms with van der Waals surface area (Å²) in [6.07, 6.45) is 4.24. The van der Waals surface area contributed by atoms with Gasteiger partial charge in [0.15, 0.2) is 0 Å². The van der Waals surface area contributed by atoms with Gasteiger partial charge < -0.3 is 21.0 Å². The van der Waals surface area contributed by atoms with Gasteiger partial charge in [-0.1, -0.05) is 18.2 Å². The second-order valence-corrected chi connectivity index (χ2v) is 6.84. The normalized spacial score (nSPS) is 11.2. The van der Waals surface area contributed by atoms with E-state index < -0.39 is 5.91 Å². The molecule has 4 aromatic rings. The zero-order chi connectivity index (χ0) is 20.4. The zero-order valence-electron chi connectivity index (χ0n) is 15.6. The van der Waals surface area contributed by atoms with Crippen molar-refractivity contribution in [3.63, 3.8) is 0 Å². The van der Waals surface area contributed by atoms with Crippen LogP contribution in [-0.2, 0) is 17.6 Å². The van der Waals surface area contributed by atoms with Crippen molar-refractivity contribution in [3.05, 3.63) is 77.7 Å². The molecule has 1 radical (unpaired) electrons. The monoisotopic (exact) mass is 391 g/mol. The molecule has 0 saturated carbocycles. The van der Waals surface area contributed by atoms with Gasteiger partial charge in [-0.05, 0) is 48.2 Å². The van der Waals surface area contributed by atoms with Crippen LogP contribution in [0, 0.1) is 12.2 Å². The maximum Gasteiger partial charge on any atom is 0.265 e. The topological polar surface area (TPSA) is 104 Å². The standard InChI is InChI=1S/C22H20FN4O2/c23-14-5-6-15-13(12-26-19(15)11-14)9-10-25-20(28)8-7-17-16-3-1-2-4-18(16)27-21(17)22(24)29/h1-6,8,11-12,26-27H,7,9-10H2,(H2,24,29)(H,25,28). The number of carbonyl (C=O) groups is 2. The molecule has 2 heterocycles. The van der Waals surface area contributed by atoms with E-state index in [1.165, 1.54) is 18.6 Å². The number of amides is 2. The lowest BCUT2D eigenvalue weighted by atomic mass is 10.0. The molecule has 0 aliphatic heterocycles. The summed E-state index contributed by atoms with van der Waals surface area (Å²) in [5.41, 5.74) is 9.04. The van der Waals surface area contributed by atoms with Crippen molar-refractivity contribution in [2.45, 2.75) is 12.8 Å². The fraction of sp³-hybridized carbons (Fsp3) is 0.136. The number of para-hydroxylation sites is 1. The fourth-order valence-corrected chi connectivity index (χ4v) is 3.58. The van der Waals surface area contributed by atoms with Crippen molar-refractivity contribution < 1.29 is 14.0 Å². The van der Waals surface area contributed by atoms with Crippen molar-refractivity contribution in [1.82, 2.24) is 15.3 Å². The Kier molecular flexibility index (Phi) is 5.03. The third-order valence-electron chi connectivity index (χ3n) is 4.97. The minimum absolute atomic E-state index is 0.225. The van der Waals surface area contributed by atoms with Gasteiger partial charge in [-0.2, -0.15) is 0 Å². The van der Waals surface area contributed by atoms with Gasteiger partial charge in [0.05, 0.1) is 6.42 Å². The van der Waals surface area contributed by atoms with Crippen molar-refractivity contribution in [1.29, 1.82) is 0 Å². The summed E-state index contributed by atoms with van der Waals surface area (Å²) in [5, 5.41) is 4.66. The number of benzene rings is 2. The van der Waals surface area contributed by atoms with Crippen molar-refractivity contribution in [2.75, 3.05) is 6.54 Å². The highest BCUT2D eigenvalue weighted by atomic mass is 19.1. The SMILES string of the molecule is NC(=O)c1[nH]c2ccccc2c1C[CH]C(=O)NCCc1c[nH]c2cc(F)ccc12. The quantitative estimate of drug-likeness (QED) is 0.389. The maximum atomic E-state index is 13.3. The molecule has 7 heteroatoms. The van der Waals surface area contributed by atoms with E-state index >= 15 is 0 Å². The van der Waals surface area contributed by atoms with E-state index in [0.29, 0.717) is 30.6 Å². The van der Waals surface area contributed by atoms with E-state index in [1.54, 1.807) is 6.07 Å². The maximum absolute atomic E-state index is 13.3. The molecule has 0 aliphatic rings. The molecule has 0 bridgehead atoms. The van der Waals surface area contributed by atoms with Crippen LogP contribution in [0.25, 0.3) is 21.8 Å². The molecule has 0 saturated heterocycles. The molecule has 2 amide bonds. The molecule has 29 heavy (non-hydrogen) atoms. The number of carbonyl (C=O) groups excluding carboxylic acids is 2. The van der Waals surface area contributed by atoms with E-state index in [0.717, 1.165) is 27.4 Å². The molecule has 0 spiro atoms. The summed E-state index contributed by atoms with van der Waals surface area (Å²) < 4.78 is 13.3. The number of aromatic nitrogens is 2. The highest BCUT2D eigenvalue weighted by Crippen LogP contribution is 2.23. The number of primary amides is 1. The summed E-state index contributed by atoms with van der Waals surface area (Å²) in [5.74, 6) is -1.07. The van der Waals surface area contributed by atoms with Gasteiger partial charge in [0.2, 0.25) is 5.91 Å². The molecule has 2 aromatic carbocycles. The van der Waals surface area contributed by atoms with E-state index in [-0.39, 0.29) is 11.7 Å². The molecule has 0 atom stereocenters. The Morgan fingerprint density at radius 3 is 2.76 bits per heavy atom. The average Bonchev–Trinajstić information content (AvgIpc) is 3.27. The predicted octanol–water partition coefficient (Wildman–Crippen LogP) is 2.99. The Morgan fingerprint density at radius 1 is 1.10 bits per heavy atom. The number of hydrogen-bond donors (Lipinski definition) is 4. The first-order chi connectivity index (χ1) is 14.0. The first-order valence-corrected chi connectivity index (χ1v) is 9.29. The molecule has 2 aromatic heterocycles. The highest BCUT2D eigenvalue weighted by molar-refractivity contribution is 6.01. The smallest absolute Gasteiger partial charge is 0.265 e. The molecular formula is C22H20FN4O2.